The Balaban J connectivity index is 2.07. The monoisotopic (exact) mass is 315 g/mol. The molecular formula is C17H17NO5. The molecule has 1 amide bonds. The summed E-state index contributed by atoms with van der Waals surface area (Å²) in [4.78, 5) is 39.1. The van der Waals surface area contributed by atoms with Crippen molar-refractivity contribution in [2.75, 3.05) is 13.1 Å². The lowest BCUT2D eigenvalue weighted by molar-refractivity contribution is -0.143. The van der Waals surface area contributed by atoms with E-state index in [-0.39, 0.29) is 17.7 Å². The van der Waals surface area contributed by atoms with E-state index in [2.05, 4.69) is 6.58 Å². The fraction of sp³-hybridized carbons (Fsp3) is 0.353. The molecule has 0 aromatic heterocycles. The van der Waals surface area contributed by atoms with Gasteiger partial charge in [-0.1, -0.05) is 25.6 Å². The Bertz CT molecular complexity index is 698. The highest BCUT2D eigenvalue weighted by atomic mass is 16.6. The van der Waals surface area contributed by atoms with Crippen molar-refractivity contribution in [2.45, 2.75) is 25.0 Å². The van der Waals surface area contributed by atoms with E-state index in [9.17, 15) is 14.4 Å². The molecule has 1 saturated heterocycles. The minimum Gasteiger partial charge on any atom is -0.452 e. The minimum absolute atomic E-state index is 0.0823. The number of nitrogens with zero attached hydrogens (tertiary/aromatic N) is 1. The number of hydrogen-bond acceptors (Lipinski definition) is 5. The van der Waals surface area contributed by atoms with Gasteiger partial charge in [0.15, 0.2) is 6.10 Å². The Hall–Kier alpha value is -2.63. The summed E-state index contributed by atoms with van der Waals surface area (Å²) in [6, 6.07) is 6.23. The first-order valence-corrected chi connectivity index (χ1v) is 7.49. The molecule has 1 aromatic carbocycles. The van der Waals surface area contributed by atoms with E-state index >= 15 is 0 Å². The highest BCUT2D eigenvalue weighted by Gasteiger charge is 2.58. The van der Waals surface area contributed by atoms with Crippen LogP contribution < -0.4 is 0 Å². The summed E-state index contributed by atoms with van der Waals surface area (Å²) < 4.78 is 11.0. The van der Waals surface area contributed by atoms with E-state index in [1.54, 1.807) is 12.1 Å². The van der Waals surface area contributed by atoms with Crippen molar-refractivity contribution < 1.29 is 23.9 Å². The molecular weight excluding hydrogens is 298 g/mol. The molecule has 0 spiro atoms. The average Bonchev–Trinajstić information content (AvgIpc) is 2.79. The Labute approximate surface area is 133 Å². The number of carbonyl (C=O) groups is 3. The lowest BCUT2D eigenvalue weighted by atomic mass is 9.97. The molecule has 0 saturated carbocycles. The van der Waals surface area contributed by atoms with Gasteiger partial charge in [0.2, 0.25) is 5.60 Å². The van der Waals surface area contributed by atoms with E-state index in [4.69, 9.17) is 9.47 Å². The first kappa shape index (κ1) is 15.3. The van der Waals surface area contributed by atoms with Gasteiger partial charge in [0, 0.05) is 6.54 Å². The van der Waals surface area contributed by atoms with Crippen molar-refractivity contribution >= 4 is 17.8 Å². The van der Waals surface area contributed by atoms with Crippen LogP contribution in [-0.2, 0) is 14.3 Å². The standard InChI is InChI=1S/C17H17NO5/c1-3-9-18-10-13-17(4-2,16(18)21)23-15(20)12-8-6-5-7-11(12)14(19)22-13/h4-8,13H,2-3,9-10H2,1H3. The molecule has 0 aliphatic carbocycles. The molecule has 1 fully saturated rings. The Morgan fingerprint density at radius 2 is 1.91 bits per heavy atom. The van der Waals surface area contributed by atoms with E-state index < -0.39 is 29.6 Å². The summed E-state index contributed by atoms with van der Waals surface area (Å²) in [5, 5.41) is 0. The van der Waals surface area contributed by atoms with Gasteiger partial charge in [-0.2, -0.15) is 0 Å². The first-order chi connectivity index (χ1) is 11.0. The van der Waals surface area contributed by atoms with Crippen LogP contribution in [0.4, 0.5) is 0 Å². The van der Waals surface area contributed by atoms with Crippen LogP contribution >= 0.6 is 0 Å². The predicted octanol–water partition coefficient (Wildman–Crippen LogP) is 1.56. The quantitative estimate of drug-likeness (QED) is 0.625. The van der Waals surface area contributed by atoms with E-state index in [1.165, 1.54) is 23.1 Å². The fourth-order valence-corrected chi connectivity index (χ4v) is 3.00. The minimum atomic E-state index is -1.66. The second kappa shape index (κ2) is 5.53. The highest BCUT2D eigenvalue weighted by Crippen LogP contribution is 2.35. The van der Waals surface area contributed by atoms with Gasteiger partial charge in [0.25, 0.3) is 5.91 Å². The van der Waals surface area contributed by atoms with Gasteiger partial charge in [-0.25, -0.2) is 9.59 Å². The Morgan fingerprint density at radius 1 is 1.26 bits per heavy atom. The number of hydrogen-bond donors (Lipinski definition) is 0. The smallest absolute Gasteiger partial charge is 0.340 e. The topological polar surface area (TPSA) is 72.9 Å². The molecule has 2 aliphatic heterocycles. The van der Waals surface area contributed by atoms with E-state index in [1.807, 2.05) is 6.92 Å². The zero-order chi connectivity index (χ0) is 16.6. The van der Waals surface area contributed by atoms with E-state index in [0.717, 1.165) is 6.42 Å². The normalized spacial score (nSPS) is 26.6. The van der Waals surface area contributed by atoms with Crippen LogP contribution in [0.2, 0.25) is 0 Å². The molecule has 120 valence electrons. The maximum absolute atomic E-state index is 12.7. The number of benzene rings is 1. The molecule has 2 aliphatic rings. The lowest BCUT2D eigenvalue weighted by Crippen LogP contribution is -2.51. The molecule has 2 heterocycles. The molecule has 3 rings (SSSR count). The summed E-state index contributed by atoms with van der Waals surface area (Å²) in [5.74, 6) is -1.77. The molecule has 1 aromatic rings. The number of esters is 2. The van der Waals surface area contributed by atoms with Crippen LogP contribution in [0.3, 0.4) is 0 Å². The van der Waals surface area contributed by atoms with E-state index in [0.29, 0.717) is 6.54 Å². The van der Waals surface area contributed by atoms with Gasteiger partial charge in [0.05, 0.1) is 17.7 Å². The molecule has 6 heteroatoms. The van der Waals surface area contributed by atoms with Crippen molar-refractivity contribution in [1.29, 1.82) is 0 Å². The molecule has 23 heavy (non-hydrogen) atoms. The van der Waals surface area contributed by atoms with Gasteiger partial charge >= 0.3 is 11.9 Å². The van der Waals surface area contributed by atoms with Crippen molar-refractivity contribution in [2.24, 2.45) is 0 Å². The molecule has 2 unspecified atom stereocenters. The van der Waals surface area contributed by atoms with Crippen LogP contribution in [0.5, 0.6) is 0 Å². The fourth-order valence-electron chi connectivity index (χ4n) is 3.00. The second-order valence-corrected chi connectivity index (χ2v) is 5.58. The molecule has 0 N–H and O–H groups in total. The van der Waals surface area contributed by atoms with Crippen molar-refractivity contribution in [3.8, 4) is 0 Å². The van der Waals surface area contributed by atoms with Gasteiger partial charge in [-0.05, 0) is 24.6 Å². The zero-order valence-electron chi connectivity index (χ0n) is 12.8. The van der Waals surface area contributed by atoms with Crippen LogP contribution in [0.1, 0.15) is 34.1 Å². The maximum atomic E-state index is 12.7. The second-order valence-electron chi connectivity index (χ2n) is 5.58. The first-order valence-electron chi connectivity index (χ1n) is 7.49. The summed E-state index contributed by atoms with van der Waals surface area (Å²) >= 11 is 0. The Morgan fingerprint density at radius 3 is 2.52 bits per heavy atom. The molecule has 6 nitrogen and oxygen atoms in total. The maximum Gasteiger partial charge on any atom is 0.340 e. The third-order valence-corrected chi connectivity index (χ3v) is 4.16. The highest BCUT2D eigenvalue weighted by molar-refractivity contribution is 6.06. The van der Waals surface area contributed by atoms with Crippen molar-refractivity contribution in [3.63, 3.8) is 0 Å². The third kappa shape index (κ3) is 2.21. The van der Waals surface area contributed by atoms with Crippen molar-refractivity contribution in [1.82, 2.24) is 4.90 Å². The number of fused-ring (bicyclic) bond motifs is 2. The number of rotatable bonds is 3. The van der Waals surface area contributed by atoms with Gasteiger partial charge in [-0.15, -0.1) is 0 Å². The van der Waals surface area contributed by atoms with Crippen LogP contribution in [0, 0.1) is 0 Å². The van der Waals surface area contributed by atoms with Crippen LogP contribution in [-0.4, -0.2) is 47.5 Å². The summed E-state index contributed by atoms with van der Waals surface area (Å²) in [7, 11) is 0. The largest absolute Gasteiger partial charge is 0.452 e. The number of ether oxygens (including phenoxy) is 2. The predicted molar refractivity (Wildman–Crippen MR) is 80.9 cm³/mol. The summed E-state index contributed by atoms with van der Waals surface area (Å²) in [6.07, 6.45) is 1.10. The van der Waals surface area contributed by atoms with Crippen LogP contribution in [0.25, 0.3) is 0 Å². The van der Waals surface area contributed by atoms with Gasteiger partial charge < -0.3 is 14.4 Å². The van der Waals surface area contributed by atoms with Gasteiger partial charge in [-0.3, -0.25) is 4.79 Å². The van der Waals surface area contributed by atoms with Crippen molar-refractivity contribution in [3.05, 3.63) is 48.0 Å². The molecule has 2 atom stereocenters. The third-order valence-electron chi connectivity index (χ3n) is 4.16. The lowest BCUT2D eigenvalue weighted by Gasteiger charge is -2.31. The number of carbonyl (C=O) groups excluding carboxylic acids is 3. The summed E-state index contributed by atoms with van der Waals surface area (Å²) in [6.45, 7) is 6.24. The zero-order valence-corrected chi connectivity index (χ0v) is 12.8. The molecule has 0 bridgehead atoms. The molecule has 0 radical (unpaired) electrons. The SMILES string of the molecule is C=CC12OC(=O)c3ccccc3C(=O)OC1CN(CCC)C2=O. The summed E-state index contributed by atoms with van der Waals surface area (Å²) in [5.41, 5.74) is -1.44. The Kier molecular flexibility index (Phi) is 3.67. The van der Waals surface area contributed by atoms with Crippen LogP contribution in [0.15, 0.2) is 36.9 Å². The number of amides is 1. The average molecular weight is 315 g/mol. The van der Waals surface area contributed by atoms with Gasteiger partial charge in [0.1, 0.15) is 0 Å². The number of likely N-dealkylation sites (tertiary alicyclic amines) is 1.